The molecule has 8 heteroatoms. The predicted octanol–water partition coefficient (Wildman–Crippen LogP) is 4.47. The van der Waals surface area contributed by atoms with Crippen LogP contribution in [0, 0.1) is 30.3 Å². The second-order valence-electron chi connectivity index (χ2n) is 4.81. The Kier molecular flexibility index (Phi) is 5.19. The summed E-state index contributed by atoms with van der Waals surface area (Å²) < 4.78 is 40.5. The maximum Gasteiger partial charge on any atom is 0.261 e. The van der Waals surface area contributed by atoms with Gasteiger partial charge in [-0.3, -0.25) is 4.72 Å². The van der Waals surface area contributed by atoms with Gasteiger partial charge in [0.25, 0.3) is 10.0 Å². The summed E-state index contributed by atoms with van der Waals surface area (Å²) >= 11 is 6.64. The number of benzene rings is 2. The topological polar surface area (TPSA) is 70.0 Å². The van der Waals surface area contributed by atoms with Gasteiger partial charge in [-0.15, -0.1) is 0 Å². The fraction of sp³-hybridized carbons (Fsp3) is 0.133. The lowest BCUT2D eigenvalue weighted by Gasteiger charge is -2.14. The van der Waals surface area contributed by atoms with Crippen molar-refractivity contribution < 1.29 is 12.8 Å². The van der Waals surface area contributed by atoms with Crippen LogP contribution in [0.25, 0.3) is 0 Å². The number of nitrogens with one attached hydrogen (secondary N) is 1. The van der Waals surface area contributed by atoms with E-state index in [9.17, 15) is 12.8 Å². The molecule has 0 radical (unpaired) electrons. The molecule has 2 aromatic carbocycles. The maximum absolute atomic E-state index is 13.2. The van der Waals surface area contributed by atoms with Crippen LogP contribution in [0.4, 0.5) is 10.1 Å². The van der Waals surface area contributed by atoms with Crippen LogP contribution in [0.1, 0.15) is 11.1 Å². The molecule has 0 atom stereocenters. The number of hydrogen-bond donors (Lipinski definition) is 1. The number of sulfonamides is 1. The lowest BCUT2D eigenvalue weighted by atomic mass is 10.1. The summed E-state index contributed by atoms with van der Waals surface area (Å²) in [4.78, 5) is 0.605. The molecule has 0 saturated heterocycles. The molecule has 1 N–H and O–H groups in total. The van der Waals surface area contributed by atoms with E-state index in [4.69, 9.17) is 16.9 Å². The molecule has 0 amide bonds. The Labute approximate surface area is 143 Å². The molecule has 0 heterocycles. The smallest absolute Gasteiger partial charge is 0.261 e. The highest BCUT2D eigenvalue weighted by Crippen LogP contribution is 2.30. The van der Waals surface area contributed by atoms with Crippen molar-refractivity contribution in [2.45, 2.75) is 23.6 Å². The molecule has 0 aliphatic rings. The van der Waals surface area contributed by atoms with Gasteiger partial charge in [-0.05, 0) is 67.1 Å². The number of anilines is 1. The van der Waals surface area contributed by atoms with E-state index >= 15 is 0 Å². The number of halogens is 2. The summed E-state index contributed by atoms with van der Waals surface area (Å²) in [6, 6.07) is 6.65. The predicted molar refractivity (Wildman–Crippen MR) is 89.6 cm³/mol. The van der Waals surface area contributed by atoms with Gasteiger partial charge in [-0.2, -0.15) is 5.26 Å². The van der Waals surface area contributed by atoms with Crippen molar-refractivity contribution >= 4 is 39.1 Å². The van der Waals surface area contributed by atoms with Crippen LogP contribution in [0.5, 0.6) is 0 Å². The zero-order valence-corrected chi connectivity index (χ0v) is 14.6. The molecule has 23 heavy (non-hydrogen) atoms. The summed E-state index contributed by atoms with van der Waals surface area (Å²) in [6.45, 7) is 3.48. The minimum Gasteiger partial charge on any atom is -0.279 e. The molecule has 0 bridgehead atoms. The first kappa shape index (κ1) is 17.6. The van der Waals surface area contributed by atoms with Crippen LogP contribution in [0.2, 0.25) is 5.02 Å². The Morgan fingerprint density at radius 1 is 1.22 bits per heavy atom. The molecule has 2 aromatic rings. The minimum atomic E-state index is -3.90. The third-order valence-corrected chi connectivity index (χ3v) is 5.31. The first-order valence-electron chi connectivity index (χ1n) is 6.39. The number of thioether (sulfide) groups is 1. The Balaban J connectivity index is 2.41. The summed E-state index contributed by atoms with van der Waals surface area (Å²) in [5, 5.41) is 10.4. The number of nitriles is 1. The van der Waals surface area contributed by atoms with Crippen molar-refractivity contribution in [3.05, 3.63) is 52.3 Å². The van der Waals surface area contributed by atoms with E-state index in [0.717, 1.165) is 34.9 Å². The van der Waals surface area contributed by atoms with Crippen LogP contribution in [0.3, 0.4) is 0 Å². The molecular formula is C15H12ClFN2O2S2. The highest BCUT2D eigenvalue weighted by molar-refractivity contribution is 8.03. The van der Waals surface area contributed by atoms with Crippen LogP contribution in [-0.2, 0) is 10.0 Å². The van der Waals surface area contributed by atoms with E-state index in [1.807, 2.05) is 5.40 Å². The second kappa shape index (κ2) is 6.79. The molecule has 4 nitrogen and oxygen atoms in total. The molecule has 0 fully saturated rings. The Morgan fingerprint density at radius 2 is 1.83 bits per heavy atom. The van der Waals surface area contributed by atoms with Crippen molar-refractivity contribution in [1.29, 1.82) is 5.26 Å². The number of rotatable bonds is 4. The second-order valence-corrected chi connectivity index (χ2v) is 7.75. The van der Waals surface area contributed by atoms with Gasteiger partial charge in [0, 0.05) is 4.90 Å². The highest BCUT2D eigenvalue weighted by atomic mass is 35.5. The number of thiocyanates is 1. The van der Waals surface area contributed by atoms with E-state index in [1.54, 1.807) is 26.0 Å². The van der Waals surface area contributed by atoms with Crippen LogP contribution in [-0.4, -0.2) is 8.42 Å². The molecule has 0 spiro atoms. The monoisotopic (exact) mass is 370 g/mol. The van der Waals surface area contributed by atoms with Crippen molar-refractivity contribution in [2.24, 2.45) is 0 Å². The number of aryl methyl sites for hydroxylation is 2. The molecule has 0 aliphatic carbocycles. The van der Waals surface area contributed by atoms with Gasteiger partial charge in [0.15, 0.2) is 0 Å². The van der Waals surface area contributed by atoms with Crippen LogP contribution in [0.15, 0.2) is 40.1 Å². The Bertz CT molecular complexity index is 885. The Hall–Kier alpha value is -1.75. The molecule has 0 aliphatic heterocycles. The summed E-state index contributed by atoms with van der Waals surface area (Å²) in [5.41, 5.74) is 1.78. The molecular weight excluding hydrogens is 359 g/mol. The zero-order chi connectivity index (χ0) is 17.2. The maximum atomic E-state index is 13.2. The Morgan fingerprint density at radius 3 is 2.35 bits per heavy atom. The molecule has 0 aromatic heterocycles. The quantitative estimate of drug-likeness (QED) is 0.636. The van der Waals surface area contributed by atoms with Gasteiger partial charge in [0.1, 0.15) is 11.2 Å². The molecule has 0 saturated carbocycles. The fourth-order valence-corrected chi connectivity index (χ4v) is 4.08. The zero-order valence-electron chi connectivity index (χ0n) is 12.2. The third kappa shape index (κ3) is 3.96. The first-order valence-corrected chi connectivity index (χ1v) is 9.07. The average molecular weight is 371 g/mol. The van der Waals surface area contributed by atoms with E-state index in [1.165, 1.54) is 0 Å². The van der Waals surface area contributed by atoms with Gasteiger partial charge < -0.3 is 0 Å². The van der Waals surface area contributed by atoms with Gasteiger partial charge in [0.05, 0.1) is 15.6 Å². The van der Waals surface area contributed by atoms with Gasteiger partial charge in [-0.1, -0.05) is 11.6 Å². The summed E-state index contributed by atoms with van der Waals surface area (Å²) in [5.74, 6) is -0.684. The highest BCUT2D eigenvalue weighted by Gasteiger charge is 2.18. The van der Waals surface area contributed by atoms with Crippen molar-refractivity contribution in [2.75, 3.05) is 4.72 Å². The van der Waals surface area contributed by atoms with Crippen molar-refractivity contribution in [3.63, 3.8) is 0 Å². The van der Waals surface area contributed by atoms with E-state index in [2.05, 4.69) is 4.72 Å². The SMILES string of the molecule is Cc1cc(SC#N)cc(C)c1NS(=O)(=O)c1ccc(F)c(Cl)c1. The standard InChI is InChI=1S/C15H12ClFN2O2S2/c1-9-5-11(22-8-18)6-10(2)15(9)19-23(20,21)12-3-4-14(17)13(16)7-12/h3-7,19H,1-2H3. The average Bonchev–Trinajstić information content (AvgIpc) is 2.46. The molecule has 120 valence electrons. The van der Waals surface area contributed by atoms with E-state index in [0.29, 0.717) is 16.8 Å². The van der Waals surface area contributed by atoms with Crippen LogP contribution < -0.4 is 4.72 Å². The summed E-state index contributed by atoms with van der Waals surface area (Å²) in [6.07, 6.45) is 0. The number of nitrogens with zero attached hydrogens (tertiary/aromatic N) is 1. The first-order chi connectivity index (χ1) is 10.7. The lowest BCUT2D eigenvalue weighted by molar-refractivity contribution is 0.599. The van der Waals surface area contributed by atoms with Crippen molar-refractivity contribution in [3.8, 4) is 5.40 Å². The van der Waals surface area contributed by atoms with Gasteiger partial charge in [0.2, 0.25) is 0 Å². The lowest BCUT2D eigenvalue weighted by Crippen LogP contribution is -2.15. The summed E-state index contributed by atoms with van der Waals surface area (Å²) in [7, 11) is -3.90. The van der Waals surface area contributed by atoms with Crippen LogP contribution >= 0.6 is 23.4 Å². The minimum absolute atomic E-state index is 0.127. The molecule has 0 unspecified atom stereocenters. The van der Waals surface area contributed by atoms with E-state index < -0.39 is 15.8 Å². The van der Waals surface area contributed by atoms with Gasteiger partial charge >= 0.3 is 0 Å². The largest absolute Gasteiger partial charge is 0.279 e. The fourth-order valence-electron chi connectivity index (χ4n) is 2.03. The third-order valence-electron chi connectivity index (χ3n) is 3.11. The number of hydrogen-bond acceptors (Lipinski definition) is 4. The van der Waals surface area contributed by atoms with Gasteiger partial charge in [-0.25, -0.2) is 12.8 Å². The van der Waals surface area contributed by atoms with E-state index in [-0.39, 0.29) is 9.92 Å². The van der Waals surface area contributed by atoms with Crippen molar-refractivity contribution in [1.82, 2.24) is 0 Å². The normalized spacial score (nSPS) is 11.1. The molecule has 2 rings (SSSR count).